The Kier molecular flexibility index (Phi) is 3.12. The highest BCUT2D eigenvalue weighted by atomic mass is 32.2. The van der Waals surface area contributed by atoms with E-state index in [1.165, 1.54) is 11.3 Å². The molecule has 0 bridgehead atoms. The van der Waals surface area contributed by atoms with E-state index in [2.05, 4.69) is 57.7 Å². The molecule has 0 N–H and O–H groups in total. The summed E-state index contributed by atoms with van der Waals surface area (Å²) in [6.07, 6.45) is 0. The molecule has 3 rings (SSSR count). The summed E-state index contributed by atoms with van der Waals surface area (Å²) in [5, 5.41) is 0.502. The Balaban J connectivity index is 2.11. The van der Waals surface area contributed by atoms with Crippen molar-refractivity contribution in [2.45, 2.75) is 43.7 Å². The molecule has 2 aliphatic rings. The van der Waals surface area contributed by atoms with Crippen molar-refractivity contribution in [3.63, 3.8) is 0 Å². The molecule has 0 saturated carbocycles. The number of nitrogens with zero attached hydrogens (tertiary/aromatic N) is 1. The molecule has 0 aliphatic carbocycles. The van der Waals surface area contributed by atoms with Crippen LogP contribution in [0.5, 0.6) is 5.75 Å². The van der Waals surface area contributed by atoms with Gasteiger partial charge >= 0.3 is 0 Å². The van der Waals surface area contributed by atoms with Gasteiger partial charge in [-0.25, -0.2) is 0 Å². The van der Waals surface area contributed by atoms with Crippen LogP contribution in [0.2, 0.25) is 0 Å². The molecule has 0 radical (unpaired) electrons. The van der Waals surface area contributed by atoms with E-state index < -0.39 is 0 Å². The molecule has 102 valence electrons. The van der Waals surface area contributed by atoms with Gasteiger partial charge in [-0.05, 0) is 26.8 Å². The minimum Gasteiger partial charge on any atom is -0.493 e. The van der Waals surface area contributed by atoms with Crippen molar-refractivity contribution in [1.29, 1.82) is 0 Å². The Hall–Kier alpha value is -0.960. The van der Waals surface area contributed by atoms with Crippen molar-refractivity contribution in [2.75, 3.05) is 6.61 Å². The van der Waals surface area contributed by atoms with Crippen LogP contribution in [-0.4, -0.2) is 22.3 Å². The largest absolute Gasteiger partial charge is 0.493 e. The lowest BCUT2D eigenvalue weighted by molar-refractivity contribution is 0.265. The number of benzene rings is 1. The maximum absolute atomic E-state index is 5.97. The van der Waals surface area contributed by atoms with Crippen LogP contribution in [0, 0.1) is 5.92 Å². The topological polar surface area (TPSA) is 21.6 Å². The molecular weight excluding hydrogens is 254 g/mol. The van der Waals surface area contributed by atoms with E-state index >= 15 is 0 Å². The highest BCUT2D eigenvalue weighted by Gasteiger charge is 2.42. The fourth-order valence-corrected chi connectivity index (χ4v) is 4.32. The molecule has 0 fully saturated rings. The van der Waals surface area contributed by atoms with E-state index in [4.69, 9.17) is 9.73 Å². The van der Waals surface area contributed by atoms with E-state index in [-0.39, 0.29) is 10.8 Å². The molecule has 0 aromatic heterocycles. The monoisotopic (exact) mass is 275 g/mol. The van der Waals surface area contributed by atoms with Crippen molar-refractivity contribution in [1.82, 2.24) is 0 Å². The normalized spacial score (nSPS) is 32.4. The second kappa shape index (κ2) is 4.55. The van der Waals surface area contributed by atoms with Gasteiger partial charge in [0, 0.05) is 27.2 Å². The average Bonchev–Trinajstić information content (AvgIpc) is 2.50. The van der Waals surface area contributed by atoms with Gasteiger partial charge in [-0.2, -0.15) is 0 Å². The average molecular weight is 275 g/mol. The zero-order valence-corrected chi connectivity index (χ0v) is 12.8. The highest BCUT2D eigenvalue weighted by molar-refractivity contribution is 8.02. The summed E-state index contributed by atoms with van der Waals surface area (Å²) in [6.45, 7) is 9.77. The Labute approximate surface area is 119 Å². The summed E-state index contributed by atoms with van der Waals surface area (Å²) >= 11 is 2.05. The molecule has 0 amide bonds. The first-order chi connectivity index (χ1) is 8.99. The minimum atomic E-state index is 0.134. The van der Waals surface area contributed by atoms with E-state index in [0.717, 1.165) is 12.4 Å². The summed E-state index contributed by atoms with van der Waals surface area (Å²) in [5.74, 6) is 1.53. The van der Waals surface area contributed by atoms with E-state index in [1.807, 2.05) is 6.07 Å². The smallest absolute Gasteiger partial charge is 0.124 e. The van der Waals surface area contributed by atoms with Crippen LogP contribution in [0.1, 0.15) is 39.3 Å². The van der Waals surface area contributed by atoms with Crippen LogP contribution in [0.15, 0.2) is 29.3 Å². The van der Waals surface area contributed by atoms with E-state index in [9.17, 15) is 0 Å². The fourth-order valence-electron chi connectivity index (χ4n) is 2.77. The molecule has 19 heavy (non-hydrogen) atoms. The van der Waals surface area contributed by atoms with Gasteiger partial charge in [-0.15, -0.1) is 11.8 Å². The first kappa shape index (κ1) is 13.0. The predicted molar refractivity (Wildman–Crippen MR) is 82.4 cm³/mol. The van der Waals surface area contributed by atoms with Gasteiger partial charge in [-0.3, -0.25) is 4.99 Å². The number of ether oxygens (including phenoxy) is 1. The molecule has 2 aliphatic heterocycles. The molecule has 2 heterocycles. The quantitative estimate of drug-likeness (QED) is 0.710. The van der Waals surface area contributed by atoms with E-state index in [0.29, 0.717) is 11.2 Å². The number of hydrogen-bond acceptors (Lipinski definition) is 3. The fraction of sp³-hybridized carbons (Fsp3) is 0.562. The summed E-state index contributed by atoms with van der Waals surface area (Å²) in [5.41, 5.74) is 2.49. The lowest BCUT2D eigenvalue weighted by Crippen LogP contribution is -2.38. The summed E-state index contributed by atoms with van der Waals surface area (Å²) in [4.78, 5) is 5.02. The first-order valence-electron chi connectivity index (χ1n) is 6.93. The molecule has 3 unspecified atom stereocenters. The lowest BCUT2D eigenvalue weighted by atomic mass is 9.95. The third-order valence-corrected chi connectivity index (χ3v) is 6.13. The number of thioether (sulfide) groups is 1. The van der Waals surface area contributed by atoms with Crippen molar-refractivity contribution >= 4 is 17.5 Å². The van der Waals surface area contributed by atoms with Gasteiger partial charge in [0.2, 0.25) is 0 Å². The number of aliphatic imine (C=N–C) groups is 1. The number of hydrogen-bond donors (Lipinski definition) is 0. The SMILES string of the molecule is CC1=NC2c3ccccc3OCC(C)C2SC1(C)C. The first-order valence-corrected chi connectivity index (χ1v) is 7.81. The van der Waals surface area contributed by atoms with Crippen LogP contribution in [0.25, 0.3) is 0 Å². The third kappa shape index (κ3) is 2.18. The summed E-state index contributed by atoms with van der Waals surface area (Å²) in [6, 6.07) is 8.61. The van der Waals surface area contributed by atoms with Crippen LogP contribution in [0.3, 0.4) is 0 Å². The number of rotatable bonds is 0. The van der Waals surface area contributed by atoms with Gasteiger partial charge in [0.05, 0.1) is 12.6 Å². The second-order valence-electron chi connectivity index (χ2n) is 6.08. The maximum Gasteiger partial charge on any atom is 0.124 e. The van der Waals surface area contributed by atoms with Crippen molar-refractivity contribution in [3.8, 4) is 5.75 Å². The van der Waals surface area contributed by atoms with Gasteiger partial charge in [0.15, 0.2) is 0 Å². The Bertz CT molecular complexity index is 523. The molecule has 3 heteroatoms. The minimum absolute atomic E-state index is 0.134. The zero-order chi connectivity index (χ0) is 13.6. The second-order valence-corrected chi connectivity index (χ2v) is 7.88. The molecule has 1 aromatic rings. The standard InChI is InChI=1S/C16H21NOS/c1-10-9-18-13-8-6-5-7-12(13)14-15(10)19-16(3,4)11(2)17-14/h5-8,10,14-15H,9H2,1-4H3. The Morgan fingerprint density at radius 1 is 1.32 bits per heavy atom. The Morgan fingerprint density at radius 2 is 2.05 bits per heavy atom. The number of para-hydroxylation sites is 1. The highest BCUT2D eigenvalue weighted by Crippen LogP contribution is 2.49. The summed E-state index contributed by atoms with van der Waals surface area (Å²) in [7, 11) is 0. The van der Waals surface area contributed by atoms with Crippen molar-refractivity contribution in [3.05, 3.63) is 29.8 Å². The van der Waals surface area contributed by atoms with Crippen LogP contribution in [-0.2, 0) is 0 Å². The van der Waals surface area contributed by atoms with Crippen LogP contribution >= 0.6 is 11.8 Å². The lowest BCUT2D eigenvalue weighted by Gasteiger charge is -2.39. The van der Waals surface area contributed by atoms with Crippen molar-refractivity contribution < 1.29 is 4.74 Å². The molecular formula is C16H21NOS. The van der Waals surface area contributed by atoms with E-state index in [1.54, 1.807) is 0 Å². The maximum atomic E-state index is 5.97. The van der Waals surface area contributed by atoms with Gasteiger partial charge < -0.3 is 4.74 Å². The van der Waals surface area contributed by atoms with Crippen LogP contribution in [0.4, 0.5) is 0 Å². The molecule has 0 saturated heterocycles. The van der Waals surface area contributed by atoms with Gasteiger partial charge in [0.25, 0.3) is 0 Å². The summed E-state index contributed by atoms with van der Waals surface area (Å²) < 4.78 is 6.11. The third-order valence-electron chi connectivity index (χ3n) is 4.25. The van der Waals surface area contributed by atoms with Gasteiger partial charge in [-0.1, -0.05) is 25.1 Å². The van der Waals surface area contributed by atoms with Gasteiger partial charge in [0.1, 0.15) is 5.75 Å². The number of fused-ring (bicyclic) bond motifs is 3. The zero-order valence-electron chi connectivity index (χ0n) is 12.0. The van der Waals surface area contributed by atoms with Crippen LogP contribution < -0.4 is 4.74 Å². The molecule has 1 aromatic carbocycles. The molecule has 3 atom stereocenters. The molecule has 2 nitrogen and oxygen atoms in total. The predicted octanol–water partition coefficient (Wildman–Crippen LogP) is 4.11. The Morgan fingerprint density at radius 3 is 2.84 bits per heavy atom. The molecule has 0 spiro atoms. The van der Waals surface area contributed by atoms with Crippen molar-refractivity contribution in [2.24, 2.45) is 10.9 Å².